The molecule has 0 saturated carbocycles. The van der Waals surface area contributed by atoms with E-state index in [2.05, 4.69) is 52.6 Å². The summed E-state index contributed by atoms with van der Waals surface area (Å²) in [4.78, 5) is 35.0. The molecule has 6 rings (SSSR count). The topological polar surface area (TPSA) is 78.1 Å². The van der Waals surface area contributed by atoms with Crippen molar-refractivity contribution >= 4 is 39.2 Å². The number of aromatic amines is 1. The number of imide groups is 1. The molecule has 174 valence electrons. The number of nitrogens with one attached hydrogen (secondary N) is 2. The van der Waals surface area contributed by atoms with Crippen molar-refractivity contribution in [2.45, 2.75) is 19.8 Å². The molecule has 1 atom stereocenters. The monoisotopic (exact) mass is 462 g/mol. The number of amides is 2. The summed E-state index contributed by atoms with van der Waals surface area (Å²) in [7, 11) is 0. The van der Waals surface area contributed by atoms with E-state index in [0.717, 1.165) is 28.2 Å². The molecule has 0 radical (unpaired) electrons. The molecule has 3 aromatic carbocycles. The van der Waals surface area contributed by atoms with Crippen LogP contribution in [-0.2, 0) is 0 Å². The second-order valence-corrected chi connectivity index (χ2v) is 9.31. The van der Waals surface area contributed by atoms with Crippen LogP contribution >= 0.6 is 0 Å². The van der Waals surface area contributed by atoms with Crippen LogP contribution in [0, 0.1) is 5.92 Å². The minimum atomic E-state index is -0.203. The van der Waals surface area contributed by atoms with Gasteiger partial charge in [-0.1, -0.05) is 43.3 Å². The Morgan fingerprint density at radius 3 is 2.54 bits per heavy atom. The predicted octanol–water partition coefficient (Wildman–Crippen LogP) is 5.30. The van der Waals surface area contributed by atoms with Gasteiger partial charge in [0.1, 0.15) is 0 Å². The lowest BCUT2D eigenvalue weighted by Crippen LogP contribution is -2.41. The number of allylic oxidation sites excluding steroid dienone is 4. The SMILES string of the molecule is CC1CC(c2ccc3[nH]cnc3c2)=CC=C1NCCCN1C(=O)c2cccc3cccc(c23)C1=O. The highest BCUT2D eigenvalue weighted by Gasteiger charge is 2.32. The van der Waals surface area contributed by atoms with Gasteiger partial charge in [-0.25, -0.2) is 4.98 Å². The standard InChI is InChI=1S/C29H26N4O2/c1-18-15-20(21-10-12-25-26(16-21)32-17-31-25)9-11-24(18)30-13-4-14-33-28(34)22-7-2-5-19-6-3-8-23(27(19)22)29(33)35/h2-3,5-12,16-18,30H,4,13-15H2,1H3,(H,31,32). The molecule has 1 unspecified atom stereocenters. The van der Waals surface area contributed by atoms with E-state index in [9.17, 15) is 9.59 Å². The Bertz CT molecular complexity index is 1490. The van der Waals surface area contributed by atoms with Crippen molar-refractivity contribution in [3.63, 3.8) is 0 Å². The van der Waals surface area contributed by atoms with E-state index in [1.54, 1.807) is 6.33 Å². The Kier molecular flexibility index (Phi) is 5.21. The van der Waals surface area contributed by atoms with Crippen LogP contribution in [0.4, 0.5) is 0 Å². The zero-order valence-corrected chi connectivity index (χ0v) is 19.5. The highest BCUT2D eigenvalue weighted by atomic mass is 16.2. The van der Waals surface area contributed by atoms with Crippen molar-refractivity contribution in [2.75, 3.05) is 13.1 Å². The fraction of sp³-hybridized carbons (Fsp3) is 0.207. The zero-order chi connectivity index (χ0) is 23.9. The highest BCUT2D eigenvalue weighted by molar-refractivity contribution is 6.25. The molecular formula is C29H26N4O2. The zero-order valence-electron chi connectivity index (χ0n) is 19.5. The fourth-order valence-corrected chi connectivity index (χ4v) is 5.19. The first-order valence-corrected chi connectivity index (χ1v) is 12.1. The van der Waals surface area contributed by atoms with Gasteiger partial charge in [-0.05, 0) is 65.6 Å². The number of imidazole rings is 1. The van der Waals surface area contributed by atoms with Crippen LogP contribution in [-0.4, -0.2) is 39.8 Å². The minimum absolute atomic E-state index is 0.203. The first-order valence-electron chi connectivity index (χ1n) is 12.1. The van der Waals surface area contributed by atoms with Gasteiger partial charge >= 0.3 is 0 Å². The van der Waals surface area contributed by atoms with Gasteiger partial charge in [0.25, 0.3) is 11.8 Å². The number of H-pyrrole nitrogens is 1. The minimum Gasteiger partial charge on any atom is -0.388 e. The maximum Gasteiger partial charge on any atom is 0.261 e. The number of fused-ring (bicyclic) bond motifs is 1. The molecule has 0 fully saturated rings. The van der Waals surface area contributed by atoms with Gasteiger partial charge in [0.05, 0.1) is 17.4 Å². The van der Waals surface area contributed by atoms with Crippen molar-refractivity contribution < 1.29 is 9.59 Å². The Morgan fingerprint density at radius 2 is 1.80 bits per heavy atom. The number of hydrogen-bond acceptors (Lipinski definition) is 4. The molecule has 6 heteroatoms. The summed E-state index contributed by atoms with van der Waals surface area (Å²) in [6.45, 7) is 3.30. The van der Waals surface area contributed by atoms with Crippen LogP contribution in [0.2, 0.25) is 0 Å². The summed E-state index contributed by atoms with van der Waals surface area (Å²) in [6.07, 6.45) is 7.67. The van der Waals surface area contributed by atoms with E-state index in [0.29, 0.717) is 36.6 Å². The lowest BCUT2D eigenvalue weighted by atomic mass is 9.88. The molecule has 2 aliphatic rings. The second kappa shape index (κ2) is 8.55. The molecule has 0 spiro atoms. The number of carbonyl (C=O) groups is 2. The van der Waals surface area contributed by atoms with Crippen molar-refractivity contribution in [2.24, 2.45) is 5.92 Å². The van der Waals surface area contributed by atoms with Crippen LogP contribution in [0.1, 0.15) is 46.0 Å². The largest absolute Gasteiger partial charge is 0.388 e. The quantitative estimate of drug-likeness (QED) is 0.301. The fourth-order valence-electron chi connectivity index (χ4n) is 5.19. The molecule has 1 aliphatic carbocycles. The van der Waals surface area contributed by atoms with E-state index >= 15 is 0 Å². The maximum atomic E-state index is 13.1. The number of carbonyl (C=O) groups excluding carboxylic acids is 2. The van der Waals surface area contributed by atoms with Crippen molar-refractivity contribution in [1.82, 2.24) is 20.2 Å². The van der Waals surface area contributed by atoms with Gasteiger partial charge in [-0.2, -0.15) is 0 Å². The molecule has 1 aromatic heterocycles. The Morgan fingerprint density at radius 1 is 1.03 bits per heavy atom. The smallest absolute Gasteiger partial charge is 0.261 e. The average Bonchev–Trinajstić information content (AvgIpc) is 3.35. The number of rotatable bonds is 6. The van der Waals surface area contributed by atoms with Gasteiger partial charge in [0.2, 0.25) is 0 Å². The highest BCUT2D eigenvalue weighted by Crippen LogP contribution is 2.32. The summed E-state index contributed by atoms with van der Waals surface area (Å²) in [5.74, 6) is -0.0513. The molecule has 1 aliphatic heterocycles. The third kappa shape index (κ3) is 3.71. The van der Waals surface area contributed by atoms with Crippen LogP contribution in [0.5, 0.6) is 0 Å². The number of benzene rings is 3. The normalized spacial score (nSPS) is 17.6. The molecule has 2 heterocycles. The van der Waals surface area contributed by atoms with Gasteiger partial charge in [0.15, 0.2) is 0 Å². The number of nitrogens with zero attached hydrogens (tertiary/aromatic N) is 2. The Hall–Kier alpha value is -4.19. The first kappa shape index (κ1) is 21.4. The average molecular weight is 463 g/mol. The summed E-state index contributed by atoms with van der Waals surface area (Å²) in [5, 5.41) is 5.23. The molecule has 6 nitrogen and oxygen atoms in total. The number of aromatic nitrogens is 2. The molecule has 35 heavy (non-hydrogen) atoms. The van der Waals surface area contributed by atoms with E-state index in [1.165, 1.54) is 21.7 Å². The van der Waals surface area contributed by atoms with Crippen LogP contribution in [0.25, 0.3) is 27.4 Å². The van der Waals surface area contributed by atoms with E-state index in [4.69, 9.17) is 0 Å². The second-order valence-electron chi connectivity index (χ2n) is 9.31. The molecule has 2 amide bonds. The summed E-state index contributed by atoms with van der Waals surface area (Å²) in [6, 6.07) is 17.6. The summed E-state index contributed by atoms with van der Waals surface area (Å²) >= 11 is 0. The van der Waals surface area contributed by atoms with E-state index in [1.807, 2.05) is 36.4 Å². The Labute approximate surface area is 203 Å². The first-order chi connectivity index (χ1) is 17.1. The van der Waals surface area contributed by atoms with Crippen molar-refractivity contribution in [3.05, 3.63) is 95.5 Å². The lowest BCUT2D eigenvalue weighted by Gasteiger charge is -2.28. The van der Waals surface area contributed by atoms with E-state index in [-0.39, 0.29) is 11.8 Å². The maximum absolute atomic E-state index is 13.1. The van der Waals surface area contributed by atoms with Gasteiger partial charge in [-0.3, -0.25) is 14.5 Å². The van der Waals surface area contributed by atoms with Gasteiger partial charge in [-0.15, -0.1) is 0 Å². The molecule has 2 N–H and O–H groups in total. The van der Waals surface area contributed by atoms with Crippen molar-refractivity contribution in [3.8, 4) is 0 Å². The molecular weight excluding hydrogens is 436 g/mol. The third-order valence-corrected chi connectivity index (χ3v) is 7.06. The lowest BCUT2D eigenvalue weighted by molar-refractivity contribution is 0.0609. The molecule has 0 bridgehead atoms. The number of hydrogen-bond donors (Lipinski definition) is 2. The van der Waals surface area contributed by atoms with E-state index < -0.39 is 0 Å². The van der Waals surface area contributed by atoms with Crippen LogP contribution in [0.15, 0.2) is 78.8 Å². The predicted molar refractivity (Wildman–Crippen MR) is 138 cm³/mol. The van der Waals surface area contributed by atoms with Crippen LogP contribution in [0.3, 0.4) is 0 Å². The molecule has 4 aromatic rings. The third-order valence-electron chi connectivity index (χ3n) is 7.06. The Balaban J connectivity index is 1.11. The summed E-state index contributed by atoms with van der Waals surface area (Å²) in [5.41, 5.74) is 6.92. The van der Waals surface area contributed by atoms with Gasteiger partial charge < -0.3 is 10.3 Å². The molecule has 0 saturated heterocycles. The van der Waals surface area contributed by atoms with Crippen LogP contribution < -0.4 is 5.32 Å². The van der Waals surface area contributed by atoms with Gasteiger partial charge in [0, 0.05) is 35.3 Å². The summed E-state index contributed by atoms with van der Waals surface area (Å²) < 4.78 is 0. The van der Waals surface area contributed by atoms with Crippen molar-refractivity contribution in [1.29, 1.82) is 0 Å².